The number of aromatic amines is 1. The van der Waals surface area contributed by atoms with Gasteiger partial charge in [-0.05, 0) is 35.9 Å². The Hall–Kier alpha value is -3.76. The average molecular weight is 464 g/mol. The molecule has 1 saturated heterocycles. The molecule has 0 spiro atoms. The highest BCUT2D eigenvalue weighted by Crippen LogP contribution is 2.29. The van der Waals surface area contributed by atoms with Gasteiger partial charge in [0.05, 0.1) is 23.6 Å². The number of morpholine rings is 1. The summed E-state index contributed by atoms with van der Waals surface area (Å²) in [5.74, 6) is 0.819. The summed E-state index contributed by atoms with van der Waals surface area (Å²) in [5.41, 5.74) is 1.65. The van der Waals surface area contributed by atoms with Crippen LogP contribution in [0.1, 0.15) is 0 Å². The Kier molecular flexibility index (Phi) is 5.53. The molecule has 9 nitrogen and oxygen atoms in total. The van der Waals surface area contributed by atoms with E-state index in [9.17, 15) is 13.2 Å². The quantitative estimate of drug-likeness (QED) is 0.467. The number of pyridine rings is 1. The molecule has 33 heavy (non-hydrogen) atoms. The number of benzene rings is 2. The van der Waals surface area contributed by atoms with E-state index in [0.29, 0.717) is 18.8 Å². The van der Waals surface area contributed by atoms with Crippen LogP contribution in [0.2, 0.25) is 0 Å². The number of rotatable bonds is 5. The SMILES string of the molecule is O=c1[nH]cc(-c2ccc3ncnc(N4CCOCC4)c3c2)cc1NS(=O)(=O)c1ccccc1. The van der Waals surface area contributed by atoms with Gasteiger partial charge in [-0.3, -0.25) is 9.52 Å². The molecule has 2 aromatic heterocycles. The topological polar surface area (TPSA) is 117 Å². The zero-order valence-electron chi connectivity index (χ0n) is 17.6. The number of ether oxygens (including phenoxy) is 1. The fourth-order valence-corrected chi connectivity index (χ4v) is 4.85. The summed E-state index contributed by atoms with van der Waals surface area (Å²) in [6.07, 6.45) is 3.10. The fourth-order valence-electron chi connectivity index (χ4n) is 3.78. The highest BCUT2D eigenvalue weighted by molar-refractivity contribution is 7.92. The number of fused-ring (bicyclic) bond motifs is 1. The van der Waals surface area contributed by atoms with Crippen LogP contribution in [0.5, 0.6) is 0 Å². The zero-order valence-corrected chi connectivity index (χ0v) is 18.4. The largest absolute Gasteiger partial charge is 0.378 e. The third-order valence-electron chi connectivity index (χ3n) is 5.46. The molecule has 168 valence electrons. The number of hydrogen-bond acceptors (Lipinski definition) is 7. The Balaban J connectivity index is 1.53. The molecule has 0 aliphatic carbocycles. The standard InChI is InChI=1S/C23H21N5O4S/c29-23-21(27-33(30,31)18-4-2-1-3-5-18)13-17(14-24-23)16-6-7-20-19(12-16)22(26-15-25-20)28-8-10-32-11-9-28/h1-7,12-15,27H,8-11H2,(H,24,29). The van der Waals surface area contributed by atoms with E-state index in [2.05, 4.69) is 24.6 Å². The Morgan fingerprint density at radius 2 is 1.76 bits per heavy atom. The highest BCUT2D eigenvalue weighted by atomic mass is 32.2. The van der Waals surface area contributed by atoms with E-state index in [1.165, 1.54) is 18.2 Å². The Labute approximate surface area is 190 Å². The number of hydrogen-bond donors (Lipinski definition) is 2. The minimum Gasteiger partial charge on any atom is -0.378 e. The van der Waals surface area contributed by atoms with Crippen LogP contribution in [0, 0.1) is 0 Å². The molecular formula is C23H21N5O4S. The van der Waals surface area contributed by atoms with Crippen LogP contribution in [0.15, 0.2) is 76.8 Å². The molecule has 1 fully saturated rings. The van der Waals surface area contributed by atoms with Gasteiger partial charge in [0.25, 0.3) is 15.6 Å². The number of anilines is 2. The number of nitrogens with zero attached hydrogens (tertiary/aromatic N) is 3. The lowest BCUT2D eigenvalue weighted by atomic mass is 10.0. The Bertz CT molecular complexity index is 1470. The highest BCUT2D eigenvalue weighted by Gasteiger charge is 2.18. The van der Waals surface area contributed by atoms with Crippen LogP contribution in [0.4, 0.5) is 11.5 Å². The summed E-state index contributed by atoms with van der Waals surface area (Å²) in [6, 6.07) is 15.1. The first kappa shape index (κ1) is 21.1. The first-order chi connectivity index (χ1) is 16.0. The van der Waals surface area contributed by atoms with Crippen LogP contribution >= 0.6 is 0 Å². The number of sulfonamides is 1. The van der Waals surface area contributed by atoms with Crippen molar-refractivity contribution >= 4 is 32.4 Å². The van der Waals surface area contributed by atoms with Crippen LogP contribution in [0.25, 0.3) is 22.0 Å². The monoisotopic (exact) mass is 463 g/mol. The zero-order chi connectivity index (χ0) is 22.8. The van der Waals surface area contributed by atoms with Gasteiger partial charge in [-0.1, -0.05) is 24.3 Å². The van der Waals surface area contributed by atoms with Crippen LogP contribution in [0.3, 0.4) is 0 Å². The lowest BCUT2D eigenvalue weighted by Crippen LogP contribution is -2.36. The smallest absolute Gasteiger partial charge is 0.272 e. The fraction of sp³-hybridized carbons (Fsp3) is 0.174. The van der Waals surface area contributed by atoms with Crippen LogP contribution in [-0.4, -0.2) is 49.7 Å². The summed E-state index contributed by atoms with van der Waals surface area (Å²) in [4.78, 5) is 26.1. The van der Waals surface area contributed by atoms with Gasteiger partial charge in [-0.15, -0.1) is 0 Å². The van der Waals surface area contributed by atoms with E-state index in [1.54, 1.807) is 30.7 Å². The van der Waals surface area contributed by atoms with Crippen molar-refractivity contribution in [3.8, 4) is 11.1 Å². The van der Waals surface area contributed by atoms with Crippen molar-refractivity contribution in [3.63, 3.8) is 0 Å². The second kappa shape index (κ2) is 8.64. The van der Waals surface area contributed by atoms with E-state index in [0.717, 1.165) is 35.4 Å². The third-order valence-corrected chi connectivity index (χ3v) is 6.84. The predicted octanol–water partition coefficient (Wildman–Crippen LogP) is 2.62. The summed E-state index contributed by atoms with van der Waals surface area (Å²) >= 11 is 0. The summed E-state index contributed by atoms with van der Waals surface area (Å²) in [7, 11) is -3.90. The van der Waals surface area contributed by atoms with Crippen molar-refractivity contribution < 1.29 is 13.2 Å². The molecule has 5 rings (SSSR count). The van der Waals surface area contributed by atoms with Gasteiger partial charge in [-0.25, -0.2) is 18.4 Å². The van der Waals surface area contributed by atoms with Gasteiger partial charge in [0.2, 0.25) is 0 Å². The summed E-state index contributed by atoms with van der Waals surface area (Å²) in [6.45, 7) is 2.74. The molecular weight excluding hydrogens is 442 g/mol. The van der Waals surface area contributed by atoms with Gasteiger partial charge in [0.1, 0.15) is 17.8 Å². The molecule has 0 radical (unpaired) electrons. The molecule has 10 heteroatoms. The average Bonchev–Trinajstić information content (AvgIpc) is 2.85. The van der Waals surface area contributed by atoms with Gasteiger partial charge in [0, 0.05) is 30.2 Å². The molecule has 1 aliphatic heterocycles. The predicted molar refractivity (Wildman–Crippen MR) is 126 cm³/mol. The first-order valence-electron chi connectivity index (χ1n) is 10.4. The van der Waals surface area contributed by atoms with E-state index in [-0.39, 0.29) is 10.6 Å². The maximum Gasteiger partial charge on any atom is 0.272 e. The third kappa shape index (κ3) is 4.30. The maximum atomic E-state index is 12.7. The molecule has 0 amide bonds. The second-order valence-electron chi connectivity index (χ2n) is 7.58. The molecule has 0 saturated carbocycles. The molecule has 4 aromatic rings. The van der Waals surface area contributed by atoms with Crippen molar-refractivity contribution in [1.29, 1.82) is 0 Å². The molecule has 0 atom stereocenters. The van der Waals surface area contributed by atoms with E-state index in [4.69, 9.17) is 4.74 Å². The van der Waals surface area contributed by atoms with Crippen molar-refractivity contribution in [2.75, 3.05) is 35.9 Å². The van der Waals surface area contributed by atoms with Crippen LogP contribution in [-0.2, 0) is 14.8 Å². The lowest BCUT2D eigenvalue weighted by molar-refractivity contribution is 0.122. The minimum absolute atomic E-state index is 0.0610. The molecule has 1 aliphatic rings. The van der Waals surface area contributed by atoms with Crippen molar-refractivity contribution in [3.05, 3.63) is 77.5 Å². The van der Waals surface area contributed by atoms with Crippen molar-refractivity contribution in [1.82, 2.24) is 15.0 Å². The van der Waals surface area contributed by atoms with Crippen molar-refractivity contribution in [2.45, 2.75) is 4.90 Å². The second-order valence-corrected chi connectivity index (χ2v) is 9.26. The summed E-state index contributed by atoms with van der Waals surface area (Å²) < 4.78 is 33.2. The molecule has 0 unspecified atom stereocenters. The van der Waals surface area contributed by atoms with E-state index in [1.807, 2.05) is 18.2 Å². The first-order valence-corrected chi connectivity index (χ1v) is 11.9. The lowest BCUT2D eigenvalue weighted by Gasteiger charge is -2.28. The van der Waals surface area contributed by atoms with E-state index < -0.39 is 15.6 Å². The van der Waals surface area contributed by atoms with Crippen molar-refractivity contribution in [2.24, 2.45) is 0 Å². The molecule has 3 heterocycles. The maximum absolute atomic E-state index is 12.7. The molecule has 2 N–H and O–H groups in total. The minimum atomic E-state index is -3.90. The normalized spacial score (nSPS) is 14.4. The molecule has 0 bridgehead atoms. The van der Waals surface area contributed by atoms with E-state index >= 15 is 0 Å². The van der Waals surface area contributed by atoms with Crippen LogP contribution < -0.4 is 15.2 Å². The number of nitrogens with one attached hydrogen (secondary N) is 2. The Morgan fingerprint density at radius 3 is 2.55 bits per heavy atom. The van der Waals surface area contributed by atoms with Gasteiger partial charge in [0.15, 0.2) is 0 Å². The number of aromatic nitrogens is 3. The van der Waals surface area contributed by atoms with Gasteiger partial charge < -0.3 is 14.6 Å². The number of H-pyrrole nitrogens is 1. The Morgan fingerprint density at radius 1 is 0.970 bits per heavy atom. The molecule has 2 aromatic carbocycles. The van der Waals surface area contributed by atoms with Gasteiger partial charge >= 0.3 is 0 Å². The summed E-state index contributed by atoms with van der Waals surface area (Å²) in [5, 5.41) is 0.870. The van der Waals surface area contributed by atoms with Gasteiger partial charge in [-0.2, -0.15) is 0 Å².